The van der Waals surface area contributed by atoms with Crippen molar-refractivity contribution in [2.24, 2.45) is 0 Å². The van der Waals surface area contributed by atoms with Crippen LogP contribution in [0.15, 0.2) is 10.5 Å². The number of carbonyl (C=O) groups excluding carboxylic acids is 1. The summed E-state index contributed by atoms with van der Waals surface area (Å²) in [5.41, 5.74) is 2.15. The normalized spacial score (nSPS) is 15.5. The standard InChI is InChI=1S/C14H15BrN2OS/c1-7-6-8(2)16-14-10(7)11(15)12(19-14)13(18)17-9-4-3-5-9/h6,9H,3-5H2,1-2H3,(H,17,18). The van der Waals surface area contributed by atoms with Crippen LogP contribution in [0.4, 0.5) is 0 Å². The smallest absolute Gasteiger partial charge is 0.262 e. The molecular weight excluding hydrogens is 324 g/mol. The second-order valence-corrected chi connectivity index (χ2v) is 6.90. The van der Waals surface area contributed by atoms with Gasteiger partial charge in [0.15, 0.2) is 0 Å². The van der Waals surface area contributed by atoms with E-state index in [1.165, 1.54) is 17.8 Å². The average molecular weight is 339 g/mol. The molecule has 2 heterocycles. The topological polar surface area (TPSA) is 42.0 Å². The Balaban J connectivity index is 2.01. The number of nitrogens with one attached hydrogen (secondary N) is 1. The first kappa shape index (κ1) is 13.1. The lowest BCUT2D eigenvalue weighted by molar-refractivity contribution is 0.0920. The van der Waals surface area contributed by atoms with Crippen molar-refractivity contribution >= 4 is 43.4 Å². The van der Waals surface area contributed by atoms with E-state index in [1.807, 2.05) is 13.0 Å². The van der Waals surface area contributed by atoms with Crippen molar-refractivity contribution in [2.45, 2.75) is 39.2 Å². The predicted octanol–water partition coefficient (Wildman–Crippen LogP) is 3.96. The fraction of sp³-hybridized carbons (Fsp3) is 0.429. The van der Waals surface area contributed by atoms with Gasteiger partial charge in [-0.05, 0) is 60.7 Å². The molecule has 3 nitrogen and oxygen atoms in total. The van der Waals surface area contributed by atoms with Crippen molar-refractivity contribution in [2.75, 3.05) is 0 Å². The van der Waals surface area contributed by atoms with Crippen molar-refractivity contribution in [1.82, 2.24) is 10.3 Å². The van der Waals surface area contributed by atoms with Gasteiger partial charge in [0.25, 0.3) is 5.91 Å². The lowest BCUT2D eigenvalue weighted by Gasteiger charge is -2.26. The fourth-order valence-electron chi connectivity index (χ4n) is 2.35. The van der Waals surface area contributed by atoms with E-state index in [1.54, 1.807) is 0 Å². The van der Waals surface area contributed by atoms with Crippen LogP contribution >= 0.6 is 27.3 Å². The molecule has 0 spiro atoms. The van der Waals surface area contributed by atoms with Crippen molar-refractivity contribution in [3.63, 3.8) is 0 Å². The maximum absolute atomic E-state index is 12.3. The van der Waals surface area contributed by atoms with Gasteiger partial charge >= 0.3 is 0 Å². The fourth-order valence-corrected chi connectivity index (χ4v) is 4.49. The Morgan fingerprint density at radius 3 is 2.84 bits per heavy atom. The molecule has 1 amide bonds. The molecule has 0 atom stereocenters. The van der Waals surface area contributed by atoms with E-state index in [0.717, 1.165) is 43.7 Å². The number of nitrogens with zero attached hydrogens (tertiary/aromatic N) is 1. The van der Waals surface area contributed by atoms with Crippen molar-refractivity contribution in [3.05, 3.63) is 26.7 Å². The minimum absolute atomic E-state index is 0.0247. The molecule has 5 heteroatoms. The Morgan fingerprint density at radius 1 is 1.47 bits per heavy atom. The number of aromatic nitrogens is 1. The highest BCUT2D eigenvalue weighted by Gasteiger charge is 2.24. The molecule has 100 valence electrons. The zero-order valence-electron chi connectivity index (χ0n) is 10.9. The van der Waals surface area contributed by atoms with Crippen LogP contribution in [0.2, 0.25) is 0 Å². The number of hydrogen-bond acceptors (Lipinski definition) is 3. The Hall–Kier alpha value is -0.940. The Morgan fingerprint density at radius 2 is 2.21 bits per heavy atom. The third kappa shape index (κ3) is 2.30. The number of carbonyl (C=O) groups is 1. The highest BCUT2D eigenvalue weighted by molar-refractivity contribution is 9.10. The molecule has 1 aliphatic rings. The van der Waals surface area contributed by atoms with Crippen LogP contribution in [0.25, 0.3) is 10.2 Å². The zero-order chi connectivity index (χ0) is 13.6. The number of halogens is 1. The molecule has 1 aliphatic carbocycles. The third-order valence-corrected chi connectivity index (χ3v) is 5.71. The van der Waals surface area contributed by atoms with E-state index in [2.05, 4.69) is 33.2 Å². The van der Waals surface area contributed by atoms with Crippen LogP contribution in [0.5, 0.6) is 0 Å². The van der Waals surface area contributed by atoms with E-state index >= 15 is 0 Å². The summed E-state index contributed by atoms with van der Waals surface area (Å²) in [6.45, 7) is 4.04. The summed E-state index contributed by atoms with van der Waals surface area (Å²) >= 11 is 5.03. The van der Waals surface area contributed by atoms with Gasteiger partial charge in [-0.2, -0.15) is 0 Å². The minimum atomic E-state index is 0.0247. The summed E-state index contributed by atoms with van der Waals surface area (Å²) in [5, 5.41) is 4.15. The number of fused-ring (bicyclic) bond motifs is 1. The first-order valence-electron chi connectivity index (χ1n) is 6.43. The summed E-state index contributed by atoms with van der Waals surface area (Å²) in [6.07, 6.45) is 3.42. The van der Waals surface area contributed by atoms with Gasteiger partial charge in [-0.3, -0.25) is 4.79 Å². The summed E-state index contributed by atoms with van der Waals surface area (Å²) in [7, 11) is 0. The summed E-state index contributed by atoms with van der Waals surface area (Å²) < 4.78 is 0.884. The molecule has 2 aromatic heterocycles. The van der Waals surface area contributed by atoms with Crippen LogP contribution in [0.1, 0.15) is 40.2 Å². The lowest BCUT2D eigenvalue weighted by atomic mass is 9.93. The van der Waals surface area contributed by atoms with Gasteiger partial charge in [0.05, 0.1) is 4.47 Å². The number of pyridine rings is 1. The molecule has 0 unspecified atom stereocenters. The van der Waals surface area contributed by atoms with Gasteiger partial charge in [0.1, 0.15) is 9.71 Å². The van der Waals surface area contributed by atoms with E-state index < -0.39 is 0 Å². The van der Waals surface area contributed by atoms with Crippen LogP contribution in [0.3, 0.4) is 0 Å². The largest absolute Gasteiger partial charge is 0.349 e. The maximum Gasteiger partial charge on any atom is 0.262 e. The van der Waals surface area contributed by atoms with Gasteiger partial charge in [-0.25, -0.2) is 4.98 Å². The molecule has 3 rings (SSSR count). The van der Waals surface area contributed by atoms with E-state index in [0.29, 0.717) is 6.04 Å². The van der Waals surface area contributed by atoms with Crippen molar-refractivity contribution in [3.8, 4) is 0 Å². The quantitative estimate of drug-likeness (QED) is 0.900. The van der Waals surface area contributed by atoms with Gasteiger partial charge in [0.2, 0.25) is 0 Å². The summed E-state index contributed by atoms with van der Waals surface area (Å²) in [4.78, 5) is 18.5. The van der Waals surface area contributed by atoms with Gasteiger partial charge in [-0.15, -0.1) is 11.3 Å². The molecule has 1 fully saturated rings. The highest BCUT2D eigenvalue weighted by atomic mass is 79.9. The number of rotatable bonds is 2. The zero-order valence-corrected chi connectivity index (χ0v) is 13.3. The Kier molecular flexibility index (Phi) is 3.35. The molecule has 1 saturated carbocycles. The lowest BCUT2D eigenvalue weighted by Crippen LogP contribution is -2.39. The second kappa shape index (κ2) is 4.87. The Labute approximate surface area is 124 Å². The van der Waals surface area contributed by atoms with Crippen LogP contribution in [-0.2, 0) is 0 Å². The van der Waals surface area contributed by atoms with E-state index in [-0.39, 0.29) is 5.91 Å². The molecule has 1 N–H and O–H groups in total. The molecule has 0 aromatic carbocycles. The minimum Gasteiger partial charge on any atom is -0.349 e. The molecule has 0 radical (unpaired) electrons. The average Bonchev–Trinajstić information content (AvgIpc) is 2.61. The molecule has 19 heavy (non-hydrogen) atoms. The van der Waals surface area contributed by atoms with Crippen molar-refractivity contribution < 1.29 is 4.79 Å². The van der Waals surface area contributed by atoms with Crippen molar-refractivity contribution in [1.29, 1.82) is 0 Å². The van der Waals surface area contributed by atoms with Crippen LogP contribution in [-0.4, -0.2) is 16.9 Å². The molecule has 0 bridgehead atoms. The first-order valence-corrected chi connectivity index (χ1v) is 8.04. The molecule has 0 aliphatic heterocycles. The van der Waals surface area contributed by atoms with Crippen LogP contribution in [0, 0.1) is 13.8 Å². The monoisotopic (exact) mass is 338 g/mol. The van der Waals surface area contributed by atoms with Gasteiger partial charge < -0.3 is 5.32 Å². The SMILES string of the molecule is Cc1cc(C)c2c(Br)c(C(=O)NC3CCC3)sc2n1. The third-order valence-electron chi connectivity index (χ3n) is 3.58. The van der Waals surface area contributed by atoms with E-state index in [4.69, 9.17) is 0 Å². The van der Waals surface area contributed by atoms with Gasteiger partial charge in [0, 0.05) is 17.1 Å². The first-order chi connectivity index (χ1) is 9.06. The molecule has 2 aromatic rings. The summed E-state index contributed by atoms with van der Waals surface area (Å²) in [5.74, 6) is 0.0247. The molecular formula is C14H15BrN2OS. The van der Waals surface area contributed by atoms with Gasteiger partial charge in [-0.1, -0.05) is 0 Å². The van der Waals surface area contributed by atoms with Crippen LogP contribution < -0.4 is 5.32 Å². The Bertz CT molecular complexity index is 661. The number of hydrogen-bond donors (Lipinski definition) is 1. The predicted molar refractivity (Wildman–Crippen MR) is 81.9 cm³/mol. The number of aryl methyl sites for hydroxylation is 2. The highest BCUT2D eigenvalue weighted by Crippen LogP contribution is 2.37. The molecule has 0 saturated heterocycles. The number of thiophene rings is 1. The number of amides is 1. The summed E-state index contributed by atoms with van der Waals surface area (Å²) in [6, 6.07) is 2.41. The van der Waals surface area contributed by atoms with E-state index in [9.17, 15) is 4.79 Å². The second-order valence-electron chi connectivity index (χ2n) is 5.11. The maximum atomic E-state index is 12.3.